The Balaban J connectivity index is 1.72. The number of ether oxygens (including phenoxy) is 1. The Kier molecular flexibility index (Phi) is 6.02. The van der Waals surface area contributed by atoms with Crippen LogP contribution in [-0.2, 0) is 11.5 Å². The molecule has 8 heteroatoms. The van der Waals surface area contributed by atoms with Gasteiger partial charge in [-0.15, -0.1) is 0 Å². The Bertz CT molecular complexity index is 1270. The summed E-state index contributed by atoms with van der Waals surface area (Å²) in [5.41, 5.74) is 3.76. The highest BCUT2D eigenvalue weighted by Gasteiger charge is 2.21. The van der Waals surface area contributed by atoms with Crippen molar-refractivity contribution in [2.24, 2.45) is 0 Å². The number of benzene rings is 2. The fourth-order valence-corrected chi connectivity index (χ4v) is 3.87. The summed E-state index contributed by atoms with van der Waals surface area (Å²) in [5.74, 6) is -0.493. The third-order valence-corrected chi connectivity index (χ3v) is 5.66. The number of fused-ring (bicyclic) bond motifs is 1. The summed E-state index contributed by atoms with van der Waals surface area (Å²) < 4.78 is 32.8. The van der Waals surface area contributed by atoms with Gasteiger partial charge in [0.1, 0.15) is 0 Å². The van der Waals surface area contributed by atoms with Gasteiger partial charge in [0.05, 0.1) is 21.6 Å². The minimum absolute atomic E-state index is 0.159. The molecule has 2 aromatic carbocycles. The van der Waals surface area contributed by atoms with E-state index in [0.717, 1.165) is 16.8 Å². The normalized spacial score (nSPS) is 11.6. The van der Waals surface area contributed by atoms with Gasteiger partial charge in [-0.1, -0.05) is 35.9 Å². The standard InChI is InChI=1S/C24H21ClF2N3O2/c1-13(2)30-11-10-19(29-30)16-6-4-15(5-7-16)12-17-14(3)21-20(31)9-8-18(25)22(21)28-23(17)32-24(26)27/h4-11,13,24H,12H2,1-3H3. The van der Waals surface area contributed by atoms with Crippen molar-refractivity contribution in [2.45, 2.75) is 39.8 Å². The third-order valence-electron chi connectivity index (χ3n) is 5.36. The van der Waals surface area contributed by atoms with Gasteiger partial charge in [0.2, 0.25) is 5.88 Å². The molecule has 2 heterocycles. The van der Waals surface area contributed by atoms with E-state index in [4.69, 9.17) is 16.3 Å². The Morgan fingerprint density at radius 3 is 2.44 bits per heavy atom. The predicted molar refractivity (Wildman–Crippen MR) is 119 cm³/mol. The van der Waals surface area contributed by atoms with E-state index in [0.29, 0.717) is 16.5 Å². The summed E-state index contributed by atoms with van der Waals surface area (Å²) in [5, 5.41) is 17.5. The largest absolute Gasteiger partial charge is 0.417 e. The van der Waals surface area contributed by atoms with E-state index in [2.05, 4.69) is 23.9 Å². The van der Waals surface area contributed by atoms with Crippen molar-refractivity contribution in [3.8, 4) is 22.9 Å². The second-order valence-electron chi connectivity index (χ2n) is 7.82. The van der Waals surface area contributed by atoms with Crippen LogP contribution in [0.2, 0.25) is 5.02 Å². The molecule has 0 aliphatic rings. The van der Waals surface area contributed by atoms with E-state index in [9.17, 15) is 13.9 Å². The number of hydrogen-bond donors (Lipinski definition) is 0. The quantitative estimate of drug-likeness (QED) is 0.314. The molecular formula is C24H21ClF2N3O2. The van der Waals surface area contributed by atoms with Gasteiger partial charge in [-0.25, -0.2) is 4.98 Å². The van der Waals surface area contributed by atoms with Gasteiger partial charge >= 0.3 is 6.61 Å². The topological polar surface area (TPSA) is 59.8 Å². The molecule has 4 rings (SSSR count). The fourth-order valence-electron chi connectivity index (χ4n) is 3.67. The summed E-state index contributed by atoms with van der Waals surface area (Å²) in [4.78, 5) is 4.17. The molecule has 32 heavy (non-hydrogen) atoms. The molecule has 0 N–H and O–H groups in total. The minimum atomic E-state index is -3.05. The number of rotatable bonds is 6. The maximum atomic E-state index is 13.1. The lowest BCUT2D eigenvalue weighted by Crippen LogP contribution is -2.09. The first-order valence-corrected chi connectivity index (χ1v) is 10.5. The van der Waals surface area contributed by atoms with Gasteiger partial charge in [0, 0.05) is 29.8 Å². The highest BCUT2D eigenvalue weighted by Crippen LogP contribution is 2.38. The Morgan fingerprint density at radius 1 is 1.09 bits per heavy atom. The summed E-state index contributed by atoms with van der Waals surface area (Å²) in [6.07, 6.45) is 2.20. The summed E-state index contributed by atoms with van der Waals surface area (Å²) in [7, 11) is 0. The highest BCUT2D eigenvalue weighted by molar-refractivity contribution is 6.35. The Hall–Kier alpha value is -3.19. The van der Waals surface area contributed by atoms with Crippen LogP contribution in [0, 0.1) is 6.92 Å². The molecule has 0 atom stereocenters. The van der Waals surface area contributed by atoms with Crippen LogP contribution < -0.4 is 4.74 Å². The molecule has 0 aliphatic heterocycles. The number of pyridine rings is 1. The first-order chi connectivity index (χ1) is 15.2. The maximum absolute atomic E-state index is 13.1. The van der Waals surface area contributed by atoms with E-state index in [-0.39, 0.29) is 34.6 Å². The minimum Gasteiger partial charge on any atom is -0.417 e. The summed E-state index contributed by atoms with van der Waals surface area (Å²) in [6, 6.07) is 12.6. The van der Waals surface area contributed by atoms with Crippen LogP contribution in [0.25, 0.3) is 22.2 Å². The van der Waals surface area contributed by atoms with Gasteiger partial charge in [0.25, 0.3) is 0 Å². The zero-order valence-corrected chi connectivity index (χ0v) is 18.5. The van der Waals surface area contributed by atoms with Gasteiger partial charge in [-0.3, -0.25) is 9.79 Å². The smallest absolute Gasteiger partial charge is 0.388 e. The molecule has 0 saturated carbocycles. The van der Waals surface area contributed by atoms with E-state index in [1.165, 1.54) is 12.1 Å². The second kappa shape index (κ2) is 8.74. The van der Waals surface area contributed by atoms with Gasteiger partial charge in [0.15, 0.2) is 5.75 Å². The summed E-state index contributed by atoms with van der Waals surface area (Å²) >= 11 is 6.17. The molecule has 0 unspecified atom stereocenters. The van der Waals surface area contributed by atoms with Crippen LogP contribution in [0.1, 0.15) is 36.6 Å². The number of aromatic nitrogens is 3. The molecule has 165 valence electrons. The molecule has 0 fully saturated rings. The highest BCUT2D eigenvalue weighted by atomic mass is 35.5. The van der Waals surface area contributed by atoms with Crippen molar-refractivity contribution < 1.29 is 18.6 Å². The van der Waals surface area contributed by atoms with Crippen LogP contribution in [-0.4, -0.2) is 21.4 Å². The molecule has 5 nitrogen and oxygen atoms in total. The first kappa shape index (κ1) is 22.0. The number of alkyl halides is 2. The fraction of sp³-hybridized carbons (Fsp3) is 0.250. The van der Waals surface area contributed by atoms with Crippen LogP contribution in [0.5, 0.6) is 11.6 Å². The number of nitrogens with zero attached hydrogens (tertiary/aromatic N) is 3. The van der Waals surface area contributed by atoms with Crippen LogP contribution in [0.4, 0.5) is 8.78 Å². The molecule has 2 aromatic heterocycles. The Labute approximate surface area is 189 Å². The Morgan fingerprint density at radius 2 is 1.81 bits per heavy atom. The van der Waals surface area contributed by atoms with Crippen molar-refractivity contribution in [2.75, 3.05) is 0 Å². The van der Waals surface area contributed by atoms with E-state index in [1.807, 2.05) is 41.2 Å². The van der Waals surface area contributed by atoms with Crippen molar-refractivity contribution in [3.05, 3.63) is 70.4 Å². The molecular weight excluding hydrogens is 436 g/mol. The lowest BCUT2D eigenvalue weighted by molar-refractivity contribution is -0.0532. The maximum Gasteiger partial charge on any atom is 0.388 e. The number of hydrogen-bond acceptors (Lipinski definition) is 3. The molecule has 0 bridgehead atoms. The average Bonchev–Trinajstić information content (AvgIpc) is 3.24. The predicted octanol–water partition coefficient (Wildman–Crippen LogP) is 6.98. The number of aryl methyl sites for hydroxylation is 1. The van der Waals surface area contributed by atoms with Crippen molar-refractivity contribution >= 4 is 22.5 Å². The second-order valence-corrected chi connectivity index (χ2v) is 8.22. The van der Waals surface area contributed by atoms with E-state index < -0.39 is 6.61 Å². The monoisotopic (exact) mass is 456 g/mol. The SMILES string of the molecule is Cc1c(Cc2ccc(-c3ccn(C(C)C)n3)cc2)c(OC(F)F)nc2c(Cl)ccc([O])c12. The average molecular weight is 457 g/mol. The van der Waals surface area contributed by atoms with Crippen molar-refractivity contribution in [1.82, 2.24) is 14.8 Å². The molecule has 0 aliphatic carbocycles. The molecule has 0 spiro atoms. The molecule has 0 saturated heterocycles. The van der Waals surface area contributed by atoms with Gasteiger partial charge in [-0.2, -0.15) is 13.9 Å². The summed E-state index contributed by atoms with van der Waals surface area (Å²) in [6.45, 7) is 2.76. The molecule has 1 radical (unpaired) electrons. The molecule has 4 aromatic rings. The van der Waals surface area contributed by atoms with Gasteiger partial charge < -0.3 is 4.74 Å². The van der Waals surface area contributed by atoms with E-state index >= 15 is 0 Å². The first-order valence-electron chi connectivity index (χ1n) is 10.1. The van der Waals surface area contributed by atoms with Crippen molar-refractivity contribution in [3.63, 3.8) is 0 Å². The lowest BCUT2D eigenvalue weighted by Gasteiger charge is -2.16. The molecule has 0 amide bonds. The van der Waals surface area contributed by atoms with Crippen molar-refractivity contribution in [1.29, 1.82) is 0 Å². The van der Waals surface area contributed by atoms with Crippen LogP contribution >= 0.6 is 11.6 Å². The zero-order chi connectivity index (χ0) is 23.0. The lowest BCUT2D eigenvalue weighted by atomic mass is 9.97. The number of halogens is 3. The third kappa shape index (κ3) is 4.25. The van der Waals surface area contributed by atoms with Crippen LogP contribution in [0.3, 0.4) is 0 Å². The van der Waals surface area contributed by atoms with Gasteiger partial charge in [-0.05, 0) is 50.1 Å². The van der Waals surface area contributed by atoms with Crippen LogP contribution in [0.15, 0.2) is 48.7 Å². The zero-order valence-electron chi connectivity index (χ0n) is 17.8. The van der Waals surface area contributed by atoms with E-state index in [1.54, 1.807) is 6.92 Å².